The fourth-order valence-electron chi connectivity index (χ4n) is 3.60. The van der Waals surface area contributed by atoms with Gasteiger partial charge in [-0.3, -0.25) is 14.1 Å². The Morgan fingerprint density at radius 3 is 2.81 bits per heavy atom. The van der Waals surface area contributed by atoms with E-state index in [4.69, 9.17) is 11.6 Å². The molecule has 0 bridgehead atoms. The smallest absolute Gasteiger partial charge is 0.238 e. The van der Waals surface area contributed by atoms with E-state index in [0.29, 0.717) is 23.2 Å². The third-order valence-electron chi connectivity index (χ3n) is 5.06. The molecule has 0 saturated carbocycles. The second-order valence-corrected chi connectivity index (χ2v) is 7.48. The number of hydrogen-bond acceptors (Lipinski definition) is 4. The van der Waals surface area contributed by atoms with Crippen molar-refractivity contribution in [3.8, 4) is 0 Å². The highest BCUT2D eigenvalue weighted by atomic mass is 35.5. The normalized spacial score (nSPS) is 15.9. The summed E-state index contributed by atoms with van der Waals surface area (Å²) in [6, 6.07) is 11.6. The van der Waals surface area contributed by atoms with Crippen molar-refractivity contribution in [1.82, 2.24) is 19.5 Å². The minimum absolute atomic E-state index is 0.0351. The Balaban J connectivity index is 1.33. The molecule has 1 amide bonds. The topological polar surface area (TPSA) is 62.5 Å². The summed E-state index contributed by atoms with van der Waals surface area (Å²) in [5.74, 6) is 1.35. The van der Waals surface area contributed by atoms with Gasteiger partial charge in [-0.15, -0.1) is 10.2 Å². The molecule has 27 heavy (non-hydrogen) atoms. The molecule has 0 aliphatic carbocycles. The van der Waals surface area contributed by atoms with Crippen LogP contribution >= 0.6 is 11.6 Å². The van der Waals surface area contributed by atoms with E-state index in [9.17, 15) is 4.79 Å². The number of pyridine rings is 1. The van der Waals surface area contributed by atoms with E-state index >= 15 is 0 Å². The largest absolute Gasteiger partial charge is 0.324 e. The number of carbonyl (C=O) groups excluding carboxylic acids is 1. The van der Waals surface area contributed by atoms with Gasteiger partial charge in [-0.25, -0.2) is 0 Å². The molecule has 1 aromatic carbocycles. The summed E-state index contributed by atoms with van der Waals surface area (Å²) in [6.45, 7) is 4.07. The molecule has 4 rings (SSSR count). The number of hydrogen-bond donors (Lipinski definition) is 1. The molecule has 1 aliphatic heterocycles. The first-order valence-corrected chi connectivity index (χ1v) is 9.56. The fourth-order valence-corrected chi connectivity index (χ4v) is 3.88. The molecule has 0 spiro atoms. The number of piperidine rings is 1. The summed E-state index contributed by atoms with van der Waals surface area (Å²) in [6.07, 6.45) is 3.94. The van der Waals surface area contributed by atoms with Gasteiger partial charge < -0.3 is 5.32 Å². The van der Waals surface area contributed by atoms with Crippen LogP contribution in [0, 0.1) is 6.92 Å². The summed E-state index contributed by atoms with van der Waals surface area (Å²) < 4.78 is 2.06. The Bertz CT molecular complexity index is 962. The van der Waals surface area contributed by atoms with E-state index in [1.54, 1.807) is 0 Å². The minimum Gasteiger partial charge on any atom is -0.324 e. The molecule has 1 aliphatic rings. The van der Waals surface area contributed by atoms with Crippen LogP contribution in [0.25, 0.3) is 5.65 Å². The van der Waals surface area contributed by atoms with Crippen molar-refractivity contribution >= 4 is 28.8 Å². The van der Waals surface area contributed by atoms with Crippen LogP contribution in [0.3, 0.4) is 0 Å². The molecule has 3 heterocycles. The lowest BCUT2D eigenvalue weighted by molar-refractivity contribution is -0.117. The molecule has 140 valence electrons. The molecule has 6 nitrogen and oxygen atoms in total. The number of anilines is 1. The van der Waals surface area contributed by atoms with Crippen molar-refractivity contribution in [3.63, 3.8) is 0 Å². The zero-order chi connectivity index (χ0) is 18.8. The Morgan fingerprint density at radius 2 is 2.04 bits per heavy atom. The minimum atomic E-state index is -0.0351. The van der Waals surface area contributed by atoms with Gasteiger partial charge in [0.1, 0.15) is 5.82 Å². The Morgan fingerprint density at radius 1 is 1.22 bits per heavy atom. The van der Waals surface area contributed by atoms with Crippen molar-refractivity contribution in [2.24, 2.45) is 0 Å². The zero-order valence-electron chi connectivity index (χ0n) is 15.2. The maximum absolute atomic E-state index is 12.4. The molecule has 2 aromatic heterocycles. The number of rotatable bonds is 4. The molecule has 1 N–H and O–H groups in total. The fraction of sp³-hybridized carbons (Fsp3) is 0.350. The summed E-state index contributed by atoms with van der Waals surface area (Å²) in [4.78, 5) is 14.5. The van der Waals surface area contributed by atoms with Crippen molar-refractivity contribution in [2.75, 3.05) is 25.0 Å². The van der Waals surface area contributed by atoms with Gasteiger partial charge in [0.2, 0.25) is 5.91 Å². The second kappa shape index (κ2) is 7.66. The number of aromatic nitrogens is 3. The van der Waals surface area contributed by atoms with Gasteiger partial charge in [0.25, 0.3) is 0 Å². The summed E-state index contributed by atoms with van der Waals surface area (Å²) in [7, 11) is 0. The summed E-state index contributed by atoms with van der Waals surface area (Å²) >= 11 is 6.20. The van der Waals surface area contributed by atoms with Gasteiger partial charge in [-0.05, 0) is 62.7 Å². The van der Waals surface area contributed by atoms with Gasteiger partial charge >= 0.3 is 0 Å². The van der Waals surface area contributed by atoms with E-state index in [2.05, 4.69) is 24.8 Å². The maximum atomic E-state index is 12.4. The van der Waals surface area contributed by atoms with Crippen LogP contribution in [0.2, 0.25) is 5.02 Å². The highest BCUT2D eigenvalue weighted by Crippen LogP contribution is 2.27. The molecule has 0 atom stereocenters. The van der Waals surface area contributed by atoms with Crippen molar-refractivity contribution < 1.29 is 4.79 Å². The number of benzene rings is 1. The summed E-state index contributed by atoms with van der Waals surface area (Å²) in [5.41, 5.74) is 2.61. The average Bonchev–Trinajstić information content (AvgIpc) is 3.09. The lowest BCUT2D eigenvalue weighted by atomic mass is 9.96. The van der Waals surface area contributed by atoms with Gasteiger partial charge in [0.15, 0.2) is 5.65 Å². The number of nitrogens with zero attached hydrogens (tertiary/aromatic N) is 4. The average molecular weight is 384 g/mol. The molecule has 1 fully saturated rings. The van der Waals surface area contributed by atoms with Crippen LogP contribution in [0.1, 0.15) is 30.1 Å². The maximum Gasteiger partial charge on any atom is 0.238 e. The quantitative estimate of drug-likeness (QED) is 0.748. The van der Waals surface area contributed by atoms with Crippen molar-refractivity contribution in [2.45, 2.75) is 25.7 Å². The molecule has 0 radical (unpaired) electrons. The standard InChI is InChI=1S/C20H22ClN5O/c1-14-5-6-17(16(21)12-14)22-19(27)13-25-10-7-15(8-11-25)20-24-23-18-4-2-3-9-26(18)20/h2-6,9,12,15H,7-8,10-11,13H2,1H3,(H,22,27). The number of carbonyl (C=O) groups is 1. The van der Waals surface area contributed by atoms with Gasteiger partial charge in [-0.2, -0.15) is 0 Å². The lowest BCUT2D eigenvalue weighted by Gasteiger charge is -2.30. The Labute approximate surface area is 163 Å². The number of aryl methyl sites for hydroxylation is 1. The van der Waals surface area contributed by atoms with Crippen LogP contribution in [-0.2, 0) is 4.79 Å². The SMILES string of the molecule is Cc1ccc(NC(=O)CN2CCC(c3nnc4ccccn34)CC2)c(Cl)c1. The lowest BCUT2D eigenvalue weighted by Crippen LogP contribution is -2.39. The van der Waals surface area contributed by atoms with E-state index in [1.807, 2.05) is 49.5 Å². The van der Waals surface area contributed by atoms with Crippen LogP contribution in [-0.4, -0.2) is 45.0 Å². The second-order valence-electron chi connectivity index (χ2n) is 7.07. The molecular formula is C20H22ClN5O. The highest BCUT2D eigenvalue weighted by molar-refractivity contribution is 6.33. The monoisotopic (exact) mass is 383 g/mol. The van der Waals surface area contributed by atoms with Crippen molar-refractivity contribution in [1.29, 1.82) is 0 Å². The molecular weight excluding hydrogens is 362 g/mol. The third-order valence-corrected chi connectivity index (χ3v) is 5.37. The number of likely N-dealkylation sites (tertiary alicyclic amines) is 1. The first kappa shape index (κ1) is 17.9. The predicted octanol–water partition coefficient (Wildman–Crippen LogP) is 3.51. The Hall–Kier alpha value is -2.44. The van der Waals surface area contributed by atoms with Gasteiger partial charge in [-0.1, -0.05) is 23.7 Å². The van der Waals surface area contributed by atoms with E-state index in [1.165, 1.54) is 0 Å². The van der Waals surface area contributed by atoms with Crippen molar-refractivity contribution in [3.05, 3.63) is 59.0 Å². The molecule has 3 aromatic rings. The third kappa shape index (κ3) is 3.96. The van der Waals surface area contributed by atoms with E-state index < -0.39 is 0 Å². The number of amides is 1. The van der Waals surface area contributed by atoms with Gasteiger partial charge in [0.05, 0.1) is 17.3 Å². The number of halogens is 1. The zero-order valence-corrected chi connectivity index (χ0v) is 16.0. The number of nitrogens with one attached hydrogen (secondary N) is 1. The van der Waals surface area contributed by atoms with E-state index in [-0.39, 0.29) is 5.91 Å². The molecule has 7 heteroatoms. The Kier molecular flexibility index (Phi) is 5.09. The van der Waals surface area contributed by atoms with Crippen LogP contribution < -0.4 is 5.32 Å². The summed E-state index contributed by atoms with van der Waals surface area (Å²) in [5, 5.41) is 12.1. The van der Waals surface area contributed by atoms with Crippen LogP contribution in [0.4, 0.5) is 5.69 Å². The first-order valence-electron chi connectivity index (χ1n) is 9.18. The highest BCUT2D eigenvalue weighted by Gasteiger charge is 2.25. The van der Waals surface area contributed by atoms with Crippen LogP contribution in [0.5, 0.6) is 0 Å². The van der Waals surface area contributed by atoms with Crippen LogP contribution in [0.15, 0.2) is 42.6 Å². The van der Waals surface area contributed by atoms with E-state index in [0.717, 1.165) is 43.0 Å². The number of fused-ring (bicyclic) bond motifs is 1. The van der Waals surface area contributed by atoms with Gasteiger partial charge in [0, 0.05) is 12.1 Å². The molecule has 1 saturated heterocycles. The first-order chi connectivity index (χ1) is 13.1. The predicted molar refractivity (Wildman–Crippen MR) is 106 cm³/mol. The molecule has 0 unspecified atom stereocenters.